The summed E-state index contributed by atoms with van der Waals surface area (Å²) < 4.78 is 4.85. The van der Waals surface area contributed by atoms with Crippen molar-refractivity contribution in [2.45, 2.75) is 13.0 Å². The van der Waals surface area contributed by atoms with Gasteiger partial charge in [-0.15, -0.1) is 0 Å². The summed E-state index contributed by atoms with van der Waals surface area (Å²) in [7, 11) is 1.57. The van der Waals surface area contributed by atoms with Gasteiger partial charge in [0.15, 0.2) is 0 Å². The third kappa shape index (κ3) is 4.78. The Balaban J connectivity index is 2.66. The summed E-state index contributed by atoms with van der Waals surface area (Å²) in [5, 5.41) is 15.2. The van der Waals surface area contributed by atoms with Crippen molar-refractivity contribution in [2.24, 2.45) is 0 Å². The smallest absolute Gasteiger partial charge is 0.242 e. The molecule has 1 unspecified atom stereocenters. The fourth-order valence-corrected chi connectivity index (χ4v) is 1.63. The SMILES string of the molecule is COCCNC(=O)C(C)Nc1cc(Cl)ccc1C#N. The number of methoxy groups -OCH3 is 1. The van der Waals surface area contributed by atoms with Crippen LogP contribution in [-0.2, 0) is 9.53 Å². The number of benzene rings is 1. The normalized spacial score (nSPS) is 11.5. The summed E-state index contributed by atoms with van der Waals surface area (Å²) in [4.78, 5) is 11.8. The van der Waals surface area contributed by atoms with Gasteiger partial charge in [-0.05, 0) is 25.1 Å². The van der Waals surface area contributed by atoms with Gasteiger partial charge in [0.25, 0.3) is 0 Å². The Morgan fingerprint density at radius 2 is 2.32 bits per heavy atom. The third-order valence-electron chi connectivity index (χ3n) is 2.47. The van der Waals surface area contributed by atoms with Crippen LogP contribution in [0.25, 0.3) is 0 Å². The minimum atomic E-state index is -0.470. The number of anilines is 1. The molecule has 0 heterocycles. The quantitative estimate of drug-likeness (QED) is 0.780. The molecule has 1 aromatic carbocycles. The van der Waals surface area contributed by atoms with Crippen LogP contribution in [0.15, 0.2) is 18.2 Å². The molecule has 0 aliphatic carbocycles. The Morgan fingerprint density at radius 1 is 1.58 bits per heavy atom. The minimum Gasteiger partial charge on any atom is -0.383 e. The standard InChI is InChI=1S/C13H16ClN3O2/c1-9(13(18)16-5-6-19-2)17-12-7-11(14)4-3-10(12)8-15/h3-4,7,9,17H,5-6H2,1-2H3,(H,16,18). The molecule has 0 fully saturated rings. The van der Waals surface area contributed by atoms with Gasteiger partial charge >= 0.3 is 0 Å². The van der Waals surface area contributed by atoms with E-state index in [9.17, 15) is 4.79 Å². The number of hydrogen-bond acceptors (Lipinski definition) is 4. The molecule has 0 saturated carbocycles. The van der Waals surface area contributed by atoms with Crippen molar-refractivity contribution in [1.29, 1.82) is 5.26 Å². The average molecular weight is 282 g/mol. The average Bonchev–Trinajstić information content (AvgIpc) is 2.39. The van der Waals surface area contributed by atoms with E-state index in [1.807, 2.05) is 6.07 Å². The Morgan fingerprint density at radius 3 is 2.95 bits per heavy atom. The molecule has 102 valence electrons. The predicted molar refractivity (Wildman–Crippen MR) is 74.1 cm³/mol. The van der Waals surface area contributed by atoms with E-state index in [1.54, 1.807) is 32.2 Å². The van der Waals surface area contributed by atoms with E-state index in [0.717, 1.165) is 0 Å². The van der Waals surface area contributed by atoms with E-state index in [-0.39, 0.29) is 5.91 Å². The van der Waals surface area contributed by atoms with E-state index in [2.05, 4.69) is 10.6 Å². The number of ether oxygens (including phenoxy) is 1. The van der Waals surface area contributed by atoms with Crippen molar-refractivity contribution in [3.05, 3.63) is 28.8 Å². The first-order chi connectivity index (χ1) is 9.08. The first-order valence-electron chi connectivity index (χ1n) is 5.81. The van der Waals surface area contributed by atoms with Gasteiger partial charge in [-0.25, -0.2) is 0 Å². The molecule has 0 radical (unpaired) electrons. The van der Waals surface area contributed by atoms with Crippen molar-refractivity contribution in [1.82, 2.24) is 5.32 Å². The lowest BCUT2D eigenvalue weighted by Crippen LogP contribution is -2.39. The van der Waals surface area contributed by atoms with Gasteiger partial charge in [0.2, 0.25) is 5.91 Å². The number of carbonyl (C=O) groups is 1. The van der Waals surface area contributed by atoms with Gasteiger partial charge in [-0.3, -0.25) is 4.79 Å². The lowest BCUT2D eigenvalue weighted by Gasteiger charge is -2.16. The molecule has 2 N–H and O–H groups in total. The molecule has 1 amide bonds. The molecule has 1 rings (SSSR count). The van der Waals surface area contributed by atoms with Crippen molar-refractivity contribution in [3.8, 4) is 6.07 Å². The lowest BCUT2D eigenvalue weighted by molar-refractivity contribution is -0.121. The molecule has 0 saturated heterocycles. The lowest BCUT2D eigenvalue weighted by atomic mass is 10.1. The molecule has 0 aromatic heterocycles. The Hall–Kier alpha value is -1.77. The van der Waals surface area contributed by atoms with Gasteiger partial charge in [-0.1, -0.05) is 11.6 Å². The van der Waals surface area contributed by atoms with Crippen LogP contribution >= 0.6 is 11.6 Å². The van der Waals surface area contributed by atoms with Gasteiger partial charge in [0, 0.05) is 18.7 Å². The highest BCUT2D eigenvalue weighted by Gasteiger charge is 2.14. The second kappa shape index (κ2) is 7.62. The van der Waals surface area contributed by atoms with Crippen LogP contribution in [0.5, 0.6) is 0 Å². The fourth-order valence-electron chi connectivity index (χ4n) is 1.46. The first kappa shape index (κ1) is 15.3. The number of rotatable bonds is 6. The number of hydrogen-bond donors (Lipinski definition) is 2. The molecule has 0 aliphatic heterocycles. The van der Waals surface area contributed by atoms with Crippen molar-refractivity contribution >= 4 is 23.2 Å². The molecule has 6 heteroatoms. The van der Waals surface area contributed by atoms with E-state index >= 15 is 0 Å². The van der Waals surface area contributed by atoms with E-state index in [4.69, 9.17) is 21.6 Å². The predicted octanol–water partition coefficient (Wildman–Crippen LogP) is 1.77. The number of amides is 1. The second-order valence-electron chi connectivity index (χ2n) is 3.95. The summed E-state index contributed by atoms with van der Waals surface area (Å²) in [6.45, 7) is 2.62. The minimum absolute atomic E-state index is 0.166. The van der Waals surface area contributed by atoms with Gasteiger partial charge < -0.3 is 15.4 Å². The third-order valence-corrected chi connectivity index (χ3v) is 2.71. The van der Waals surface area contributed by atoms with Crippen LogP contribution in [-0.4, -0.2) is 32.2 Å². The maximum Gasteiger partial charge on any atom is 0.242 e. The van der Waals surface area contributed by atoms with Crippen LogP contribution in [0.3, 0.4) is 0 Å². The molecular formula is C13H16ClN3O2. The highest BCUT2D eigenvalue weighted by atomic mass is 35.5. The largest absolute Gasteiger partial charge is 0.383 e. The summed E-state index contributed by atoms with van der Waals surface area (Å²) in [6, 6.07) is 6.45. The van der Waals surface area contributed by atoms with Gasteiger partial charge in [0.05, 0.1) is 17.9 Å². The van der Waals surface area contributed by atoms with Crippen molar-refractivity contribution < 1.29 is 9.53 Å². The number of nitriles is 1. The molecule has 1 aromatic rings. The van der Waals surface area contributed by atoms with Crippen LogP contribution < -0.4 is 10.6 Å². The van der Waals surface area contributed by atoms with Crippen LogP contribution in [0.4, 0.5) is 5.69 Å². The van der Waals surface area contributed by atoms with Gasteiger partial charge in [-0.2, -0.15) is 5.26 Å². The molecule has 0 spiro atoms. The van der Waals surface area contributed by atoms with Crippen LogP contribution in [0.2, 0.25) is 5.02 Å². The number of nitrogens with one attached hydrogen (secondary N) is 2. The second-order valence-corrected chi connectivity index (χ2v) is 4.39. The molecule has 0 aliphatic rings. The molecular weight excluding hydrogens is 266 g/mol. The van der Waals surface area contributed by atoms with E-state index in [1.165, 1.54) is 0 Å². The van der Waals surface area contributed by atoms with Crippen LogP contribution in [0, 0.1) is 11.3 Å². The number of halogens is 1. The Kier molecular flexibility index (Phi) is 6.13. The molecule has 5 nitrogen and oxygen atoms in total. The monoisotopic (exact) mass is 281 g/mol. The highest BCUT2D eigenvalue weighted by molar-refractivity contribution is 6.30. The zero-order valence-electron chi connectivity index (χ0n) is 10.9. The summed E-state index contributed by atoms with van der Waals surface area (Å²) in [5.41, 5.74) is 0.991. The topological polar surface area (TPSA) is 74.2 Å². The molecule has 0 bridgehead atoms. The maximum absolute atomic E-state index is 11.8. The number of nitrogens with zero attached hydrogens (tertiary/aromatic N) is 1. The Bertz CT molecular complexity index is 485. The summed E-state index contributed by atoms with van der Waals surface area (Å²) >= 11 is 5.87. The van der Waals surface area contributed by atoms with E-state index in [0.29, 0.717) is 29.4 Å². The first-order valence-corrected chi connectivity index (χ1v) is 6.19. The fraction of sp³-hybridized carbons (Fsp3) is 0.385. The van der Waals surface area contributed by atoms with Crippen molar-refractivity contribution in [3.63, 3.8) is 0 Å². The summed E-state index contributed by atoms with van der Waals surface area (Å²) in [5.74, 6) is -0.166. The number of carbonyl (C=O) groups excluding carboxylic acids is 1. The zero-order valence-corrected chi connectivity index (χ0v) is 11.6. The zero-order chi connectivity index (χ0) is 14.3. The van der Waals surface area contributed by atoms with Crippen molar-refractivity contribution in [2.75, 3.05) is 25.6 Å². The van der Waals surface area contributed by atoms with Crippen LogP contribution in [0.1, 0.15) is 12.5 Å². The maximum atomic E-state index is 11.8. The summed E-state index contributed by atoms with van der Waals surface area (Å²) in [6.07, 6.45) is 0. The molecule has 19 heavy (non-hydrogen) atoms. The van der Waals surface area contributed by atoms with Gasteiger partial charge in [0.1, 0.15) is 12.1 Å². The van der Waals surface area contributed by atoms with E-state index < -0.39 is 6.04 Å². The Labute approximate surface area is 117 Å². The highest BCUT2D eigenvalue weighted by Crippen LogP contribution is 2.21. The molecule has 1 atom stereocenters.